The molecule has 0 aromatic rings. The predicted molar refractivity (Wildman–Crippen MR) is 195 cm³/mol. The maximum absolute atomic E-state index is 13.2. The average molecular weight is 958 g/mol. The molecule has 0 spiro atoms. The monoisotopic (exact) mass is 957 g/mol. The van der Waals surface area contributed by atoms with Crippen LogP contribution in [-0.2, 0) is 52.2 Å². The number of aliphatic carboxylic acids is 1. The van der Waals surface area contributed by atoms with Gasteiger partial charge in [0.1, 0.15) is 122 Å². The van der Waals surface area contributed by atoms with Gasteiger partial charge in [0.25, 0.3) is 5.79 Å². The van der Waals surface area contributed by atoms with Crippen LogP contribution >= 0.6 is 0 Å². The minimum absolute atomic E-state index is 0.911. The van der Waals surface area contributed by atoms with E-state index in [4.69, 9.17) is 42.6 Å². The van der Waals surface area contributed by atoms with Gasteiger partial charge in [0.05, 0.1) is 39.1 Å². The van der Waals surface area contributed by atoms with Crippen LogP contribution in [0.1, 0.15) is 13.3 Å². The molecule has 0 radical (unpaired) electrons. The zero-order chi connectivity index (χ0) is 48.4. The van der Waals surface area contributed by atoms with Gasteiger partial charge in [-0.3, -0.25) is 4.79 Å². The third-order valence-electron chi connectivity index (χ3n) is 11.7. The molecule has 5 aliphatic rings. The Bertz CT molecular complexity index is 1530. The van der Waals surface area contributed by atoms with Crippen LogP contribution in [0.3, 0.4) is 0 Å². The van der Waals surface area contributed by atoms with Gasteiger partial charge in [0.15, 0.2) is 25.2 Å². The summed E-state index contributed by atoms with van der Waals surface area (Å²) in [6, 6.07) is -1.85. The Morgan fingerprint density at radius 1 is 0.600 bits per heavy atom. The lowest BCUT2D eigenvalue weighted by Crippen LogP contribution is -2.71. The zero-order valence-electron chi connectivity index (χ0n) is 34.2. The van der Waals surface area contributed by atoms with E-state index in [2.05, 4.69) is 5.32 Å². The van der Waals surface area contributed by atoms with Crippen molar-refractivity contribution in [2.75, 3.05) is 33.0 Å². The van der Waals surface area contributed by atoms with Crippen molar-refractivity contribution in [2.24, 2.45) is 0 Å². The molecule has 0 aromatic heterocycles. The maximum Gasteiger partial charge on any atom is 0.364 e. The van der Waals surface area contributed by atoms with Crippen LogP contribution in [0.25, 0.3) is 0 Å². The van der Waals surface area contributed by atoms with Gasteiger partial charge in [-0.25, -0.2) is 4.79 Å². The number of carboxylic acid groups (broad SMARTS) is 1. The molecule has 0 aliphatic carbocycles. The summed E-state index contributed by atoms with van der Waals surface area (Å²) in [5.74, 6) is -6.38. The van der Waals surface area contributed by atoms with E-state index in [1.807, 2.05) is 0 Å². The summed E-state index contributed by atoms with van der Waals surface area (Å²) < 4.78 is 51.1. The van der Waals surface area contributed by atoms with Crippen LogP contribution in [0.4, 0.5) is 0 Å². The van der Waals surface area contributed by atoms with E-state index in [1.165, 1.54) is 0 Å². The topological polar surface area (TPSA) is 493 Å². The SMILES string of the molecule is CC(=O)N[C@H]1[C@H](O[C@@H]2[C@H](O[C@]3(C(=O)O)C[C@H](O)[C@@H](O)[C@H]([C@H](O)[C@H](O)CO)O3)[C@@H](O)[C@H](O[C@H]3[C@H](O)[C@@H](O)[C@H](O)O[C@@H]3CO)O[C@@H]2CO)O[C@H](CO)[C@H](O)[C@@H]1O[C@@H]1O[C@H](CO)[C@H](O)[C@H](O)[C@H]1O. The van der Waals surface area contributed by atoms with Crippen LogP contribution in [0.15, 0.2) is 0 Å². The molecule has 0 aromatic carbocycles. The van der Waals surface area contributed by atoms with Crippen molar-refractivity contribution in [1.29, 1.82) is 0 Å². The fraction of sp³-hybridized carbons (Fsp3) is 0.943. The first kappa shape index (κ1) is 53.8. The minimum Gasteiger partial charge on any atom is -0.477 e. The highest BCUT2D eigenvalue weighted by Gasteiger charge is 2.61. The van der Waals surface area contributed by atoms with Crippen LogP contribution < -0.4 is 5.32 Å². The first-order valence-corrected chi connectivity index (χ1v) is 20.2. The normalized spacial score (nSPS) is 48.3. The van der Waals surface area contributed by atoms with Crippen molar-refractivity contribution in [3.05, 3.63) is 0 Å². The number of carboxylic acids is 1. The van der Waals surface area contributed by atoms with Crippen molar-refractivity contribution in [1.82, 2.24) is 5.32 Å². The quantitative estimate of drug-likeness (QED) is 0.0643. The van der Waals surface area contributed by atoms with Crippen molar-refractivity contribution < 1.29 is 144 Å². The number of ether oxygens (including phenoxy) is 9. The lowest BCUT2D eigenvalue weighted by Gasteiger charge is -2.52. The molecule has 1 amide bonds. The predicted octanol–water partition coefficient (Wildman–Crippen LogP) is -12.6. The Balaban J connectivity index is 1.58. The molecule has 5 fully saturated rings. The molecule has 5 heterocycles. The number of aliphatic hydroxyl groups excluding tert-OH is 17. The number of aliphatic hydroxyl groups is 17. The third kappa shape index (κ3) is 11.2. The van der Waals surface area contributed by atoms with Gasteiger partial charge in [-0.2, -0.15) is 0 Å². The molecule has 5 rings (SSSR count). The average Bonchev–Trinajstić information content (AvgIpc) is 3.27. The molecule has 0 unspecified atom stereocenters. The number of carbonyl (C=O) groups excluding carboxylic acids is 1. The fourth-order valence-corrected chi connectivity index (χ4v) is 8.10. The summed E-state index contributed by atoms with van der Waals surface area (Å²) in [7, 11) is 0. The molecule has 26 atom stereocenters. The Morgan fingerprint density at radius 2 is 1.12 bits per heavy atom. The van der Waals surface area contributed by atoms with Crippen molar-refractivity contribution in [3.63, 3.8) is 0 Å². The second-order valence-corrected chi connectivity index (χ2v) is 16.1. The van der Waals surface area contributed by atoms with E-state index in [-0.39, 0.29) is 0 Å². The van der Waals surface area contributed by atoms with Crippen LogP contribution in [-0.4, -0.2) is 296 Å². The number of amides is 1. The molecule has 5 saturated heterocycles. The molecule has 19 N–H and O–H groups in total. The molecule has 0 saturated carbocycles. The smallest absolute Gasteiger partial charge is 0.364 e. The van der Waals surface area contributed by atoms with E-state index in [9.17, 15) is 102 Å². The summed E-state index contributed by atoms with van der Waals surface area (Å²) in [6.07, 6.45) is -50.8. The first-order valence-electron chi connectivity index (χ1n) is 20.2. The standard InChI is InChI=1S/C35H59NO29/c1-8(42)36-15-27(63-32-23(52)20(49)18(47)11(4-38)59-32)19(48)12(5-39)58-31(15)62-26-14(7-41)60-33(61-25-13(6-40)57-30(54)22(51)21(25)50)24(53)29(26)65-35(34(55)56)2-9(43)16(45)28(64-35)17(46)10(44)3-37/h9-33,37-41,43-54H,2-7H2,1H3,(H,36,42)(H,55,56)/t9-,10+,11+,12+,13+,14+,15+,16+,17+,18-,19-,20-,21+,22+,23+,24+,25+,26-,27+,28+,29+,30+,31-,32-,33-,35-/m0/s1. The second-order valence-electron chi connectivity index (χ2n) is 16.1. The van der Waals surface area contributed by atoms with Gasteiger partial charge < -0.3 is 140 Å². The lowest BCUT2D eigenvalue weighted by atomic mass is 9.90. The van der Waals surface area contributed by atoms with Crippen LogP contribution in [0.2, 0.25) is 0 Å². The first-order chi connectivity index (χ1) is 30.6. The Labute approximate surface area is 366 Å². The molecule has 0 bridgehead atoms. The molecule has 30 heteroatoms. The zero-order valence-corrected chi connectivity index (χ0v) is 34.2. The molecule has 5 aliphatic heterocycles. The molecule has 30 nitrogen and oxygen atoms in total. The number of nitrogens with one attached hydrogen (secondary N) is 1. The largest absolute Gasteiger partial charge is 0.477 e. The highest BCUT2D eigenvalue weighted by molar-refractivity contribution is 5.76. The van der Waals surface area contributed by atoms with Gasteiger partial charge in [-0.05, 0) is 0 Å². The summed E-state index contributed by atoms with van der Waals surface area (Å²) in [5, 5.41) is 191. The van der Waals surface area contributed by atoms with E-state index < -0.39 is 210 Å². The maximum atomic E-state index is 13.2. The van der Waals surface area contributed by atoms with Gasteiger partial charge >= 0.3 is 5.97 Å². The highest BCUT2D eigenvalue weighted by Crippen LogP contribution is 2.40. The highest BCUT2D eigenvalue weighted by atomic mass is 16.8. The van der Waals surface area contributed by atoms with E-state index in [1.54, 1.807) is 0 Å². The summed E-state index contributed by atoms with van der Waals surface area (Å²) in [6.45, 7) is -4.42. The van der Waals surface area contributed by atoms with Gasteiger partial charge in [-0.1, -0.05) is 0 Å². The van der Waals surface area contributed by atoms with E-state index in [0.717, 1.165) is 6.92 Å². The van der Waals surface area contributed by atoms with E-state index >= 15 is 0 Å². The Kier molecular flexibility index (Phi) is 18.7. The fourth-order valence-electron chi connectivity index (χ4n) is 8.10. The number of hydrogen-bond donors (Lipinski definition) is 19. The van der Waals surface area contributed by atoms with Crippen molar-refractivity contribution in [2.45, 2.75) is 172 Å². The molecular weight excluding hydrogens is 898 g/mol. The molecule has 378 valence electrons. The van der Waals surface area contributed by atoms with Crippen LogP contribution in [0, 0.1) is 0 Å². The van der Waals surface area contributed by atoms with Crippen molar-refractivity contribution >= 4 is 11.9 Å². The molecular formula is C35H59NO29. The van der Waals surface area contributed by atoms with Gasteiger partial charge in [0.2, 0.25) is 5.91 Å². The van der Waals surface area contributed by atoms with Crippen molar-refractivity contribution in [3.8, 4) is 0 Å². The van der Waals surface area contributed by atoms with Gasteiger partial charge in [-0.15, -0.1) is 0 Å². The Hall–Kier alpha value is -2.10. The van der Waals surface area contributed by atoms with Crippen LogP contribution in [0.5, 0.6) is 0 Å². The lowest BCUT2D eigenvalue weighted by molar-refractivity contribution is -0.405. The second kappa shape index (κ2) is 22.5. The minimum atomic E-state index is -3.32. The van der Waals surface area contributed by atoms with E-state index in [0.29, 0.717) is 0 Å². The number of hydrogen-bond acceptors (Lipinski definition) is 28. The summed E-state index contributed by atoms with van der Waals surface area (Å²) in [4.78, 5) is 25.8. The number of rotatable bonds is 17. The summed E-state index contributed by atoms with van der Waals surface area (Å²) in [5.41, 5.74) is 0. The summed E-state index contributed by atoms with van der Waals surface area (Å²) >= 11 is 0. The van der Waals surface area contributed by atoms with Gasteiger partial charge in [0, 0.05) is 13.3 Å². The number of carbonyl (C=O) groups is 2. The Morgan fingerprint density at radius 3 is 1.69 bits per heavy atom. The third-order valence-corrected chi connectivity index (χ3v) is 11.7. The molecule has 65 heavy (non-hydrogen) atoms.